The first-order chi connectivity index (χ1) is 10.2. The van der Waals surface area contributed by atoms with Crippen molar-refractivity contribution in [2.75, 3.05) is 11.4 Å². The maximum absolute atomic E-state index is 11.7. The van der Waals surface area contributed by atoms with Gasteiger partial charge >= 0.3 is 5.97 Å². The van der Waals surface area contributed by atoms with Crippen molar-refractivity contribution in [1.29, 1.82) is 5.26 Å². The fraction of sp³-hybridized carbons (Fsp3) is 0.188. The molecule has 1 atom stereocenters. The molecule has 2 heterocycles. The number of fused-ring (bicyclic) bond motifs is 1. The third-order valence-corrected chi connectivity index (χ3v) is 3.69. The van der Waals surface area contributed by atoms with Crippen LogP contribution in [0.25, 0.3) is 0 Å². The number of hydrogen-bond donors (Lipinski definition) is 1. The molecule has 104 valence electrons. The van der Waals surface area contributed by atoms with E-state index in [1.807, 2.05) is 30.3 Å². The Bertz CT molecular complexity index is 719. The van der Waals surface area contributed by atoms with Crippen LogP contribution >= 0.6 is 0 Å². The summed E-state index contributed by atoms with van der Waals surface area (Å²) >= 11 is 0. The molecule has 5 heteroatoms. The normalized spacial score (nSPS) is 16.9. The molecule has 5 nitrogen and oxygen atoms in total. The van der Waals surface area contributed by atoms with Crippen molar-refractivity contribution in [2.45, 2.75) is 12.5 Å². The first-order valence-electron chi connectivity index (χ1n) is 6.64. The first kappa shape index (κ1) is 13.1. The van der Waals surface area contributed by atoms with Crippen LogP contribution in [-0.4, -0.2) is 22.6 Å². The predicted molar refractivity (Wildman–Crippen MR) is 76.8 cm³/mol. The number of rotatable bonds is 2. The van der Waals surface area contributed by atoms with E-state index < -0.39 is 12.0 Å². The Labute approximate surface area is 122 Å². The lowest BCUT2D eigenvalue weighted by Crippen LogP contribution is -2.40. The minimum atomic E-state index is -0.895. The second-order valence-electron chi connectivity index (χ2n) is 4.90. The zero-order valence-electron chi connectivity index (χ0n) is 11.2. The second kappa shape index (κ2) is 5.25. The Morgan fingerprint density at radius 1 is 1.33 bits per heavy atom. The quantitative estimate of drug-likeness (QED) is 0.911. The van der Waals surface area contributed by atoms with Gasteiger partial charge in [0.05, 0.1) is 5.56 Å². The number of benzene rings is 1. The fourth-order valence-electron chi connectivity index (χ4n) is 2.70. The highest BCUT2D eigenvalue weighted by molar-refractivity contribution is 5.81. The van der Waals surface area contributed by atoms with Gasteiger partial charge in [-0.05, 0) is 29.7 Å². The molecule has 1 aromatic carbocycles. The van der Waals surface area contributed by atoms with E-state index in [-0.39, 0.29) is 0 Å². The summed E-state index contributed by atoms with van der Waals surface area (Å²) in [5, 5.41) is 18.4. The SMILES string of the molecule is N#Cc1ccc(N2CCc3ccccc3C2C(=O)O)nc1. The Kier molecular flexibility index (Phi) is 3.28. The van der Waals surface area contributed by atoms with Crippen molar-refractivity contribution in [2.24, 2.45) is 0 Å². The largest absolute Gasteiger partial charge is 0.479 e. The molecule has 3 rings (SSSR count). The number of nitrogens with zero attached hydrogens (tertiary/aromatic N) is 3. The smallest absolute Gasteiger partial charge is 0.331 e. The number of nitriles is 1. The van der Waals surface area contributed by atoms with E-state index in [2.05, 4.69) is 4.98 Å². The van der Waals surface area contributed by atoms with Gasteiger partial charge in [-0.25, -0.2) is 9.78 Å². The summed E-state index contributed by atoms with van der Waals surface area (Å²) < 4.78 is 0. The van der Waals surface area contributed by atoms with Crippen molar-refractivity contribution in [3.63, 3.8) is 0 Å². The zero-order valence-corrected chi connectivity index (χ0v) is 11.2. The molecule has 0 fully saturated rings. The summed E-state index contributed by atoms with van der Waals surface area (Å²) in [6, 6.07) is 12.2. The molecule has 0 aliphatic carbocycles. The summed E-state index contributed by atoms with van der Waals surface area (Å²) in [6.45, 7) is 0.590. The average Bonchev–Trinajstić information content (AvgIpc) is 2.53. The van der Waals surface area contributed by atoms with Gasteiger partial charge in [0.2, 0.25) is 0 Å². The third-order valence-electron chi connectivity index (χ3n) is 3.69. The summed E-state index contributed by atoms with van der Waals surface area (Å²) in [7, 11) is 0. The highest BCUT2D eigenvalue weighted by atomic mass is 16.4. The molecule has 0 spiro atoms. The molecule has 1 unspecified atom stereocenters. The first-order valence-corrected chi connectivity index (χ1v) is 6.64. The van der Waals surface area contributed by atoms with Gasteiger partial charge in [0.25, 0.3) is 0 Å². The molecule has 0 radical (unpaired) electrons. The number of pyridine rings is 1. The van der Waals surface area contributed by atoms with Crippen LogP contribution in [0.1, 0.15) is 22.7 Å². The summed E-state index contributed by atoms with van der Waals surface area (Å²) in [4.78, 5) is 17.7. The van der Waals surface area contributed by atoms with Crippen LogP contribution in [0.3, 0.4) is 0 Å². The molecule has 0 amide bonds. The van der Waals surface area contributed by atoms with Gasteiger partial charge in [0, 0.05) is 12.7 Å². The number of carboxylic acids is 1. The Hall–Kier alpha value is -2.87. The molecule has 21 heavy (non-hydrogen) atoms. The lowest BCUT2D eigenvalue weighted by molar-refractivity contribution is -0.138. The van der Waals surface area contributed by atoms with Crippen molar-refractivity contribution in [1.82, 2.24) is 4.98 Å². The van der Waals surface area contributed by atoms with E-state index in [1.54, 1.807) is 17.0 Å². The monoisotopic (exact) mass is 279 g/mol. The van der Waals surface area contributed by atoms with Crippen molar-refractivity contribution < 1.29 is 9.90 Å². The standard InChI is InChI=1S/C16H13N3O2/c17-9-11-5-6-14(18-10-11)19-8-7-12-3-1-2-4-13(12)15(19)16(20)21/h1-6,10,15H,7-8H2,(H,20,21). The Morgan fingerprint density at radius 2 is 2.14 bits per heavy atom. The molecular formula is C16H13N3O2. The third kappa shape index (κ3) is 2.32. The highest BCUT2D eigenvalue weighted by Crippen LogP contribution is 2.32. The molecule has 1 aromatic heterocycles. The van der Waals surface area contributed by atoms with Crippen molar-refractivity contribution in [3.8, 4) is 6.07 Å². The van der Waals surface area contributed by atoms with Gasteiger partial charge < -0.3 is 10.0 Å². The fourth-order valence-corrected chi connectivity index (χ4v) is 2.70. The van der Waals surface area contributed by atoms with E-state index in [4.69, 9.17) is 5.26 Å². The van der Waals surface area contributed by atoms with Gasteiger partial charge in [-0.2, -0.15) is 5.26 Å². The minimum absolute atomic E-state index is 0.461. The molecule has 1 aliphatic rings. The molecule has 2 aromatic rings. The number of hydrogen-bond acceptors (Lipinski definition) is 4. The minimum Gasteiger partial charge on any atom is -0.479 e. The van der Waals surface area contributed by atoms with E-state index >= 15 is 0 Å². The highest BCUT2D eigenvalue weighted by Gasteiger charge is 2.33. The Morgan fingerprint density at radius 3 is 2.81 bits per heavy atom. The van der Waals surface area contributed by atoms with Crippen LogP contribution in [0.4, 0.5) is 5.82 Å². The van der Waals surface area contributed by atoms with Crippen molar-refractivity contribution >= 4 is 11.8 Å². The predicted octanol–water partition coefficient (Wildman–Crippen LogP) is 2.14. The lowest BCUT2D eigenvalue weighted by atomic mass is 9.92. The zero-order chi connectivity index (χ0) is 14.8. The van der Waals surface area contributed by atoms with Gasteiger partial charge in [0.15, 0.2) is 6.04 Å². The lowest BCUT2D eigenvalue weighted by Gasteiger charge is -2.35. The molecular weight excluding hydrogens is 266 g/mol. The molecule has 0 saturated carbocycles. The van der Waals surface area contributed by atoms with E-state index in [0.717, 1.165) is 17.5 Å². The maximum atomic E-state index is 11.7. The summed E-state index contributed by atoms with van der Waals surface area (Å²) in [6.07, 6.45) is 2.25. The van der Waals surface area contributed by atoms with Crippen LogP contribution in [0, 0.1) is 11.3 Å². The molecule has 0 saturated heterocycles. The van der Waals surface area contributed by atoms with Gasteiger partial charge in [-0.1, -0.05) is 24.3 Å². The van der Waals surface area contributed by atoms with Crippen LogP contribution in [0.2, 0.25) is 0 Å². The van der Waals surface area contributed by atoms with Gasteiger partial charge in [0.1, 0.15) is 11.9 Å². The number of aromatic nitrogens is 1. The number of aliphatic carboxylic acids is 1. The summed E-state index contributed by atoms with van der Waals surface area (Å²) in [5.74, 6) is -0.316. The average molecular weight is 279 g/mol. The van der Waals surface area contributed by atoms with E-state index in [0.29, 0.717) is 17.9 Å². The van der Waals surface area contributed by atoms with Gasteiger partial charge in [-0.15, -0.1) is 0 Å². The summed E-state index contributed by atoms with van der Waals surface area (Å²) in [5.41, 5.74) is 2.33. The number of anilines is 1. The van der Waals surface area contributed by atoms with Crippen LogP contribution < -0.4 is 4.90 Å². The topological polar surface area (TPSA) is 77.2 Å². The van der Waals surface area contributed by atoms with E-state index in [1.165, 1.54) is 6.20 Å². The van der Waals surface area contributed by atoms with Crippen LogP contribution in [-0.2, 0) is 11.2 Å². The molecule has 0 bridgehead atoms. The second-order valence-corrected chi connectivity index (χ2v) is 4.90. The number of carboxylic acid groups (broad SMARTS) is 1. The van der Waals surface area contributed by atoms with Crippen LogP contribution in [0.15, 0.2) is 42.6 Å². The van der Waals surface area contributed by atoms with Crippen LogP contribution in [0.5, 0.6) is 0 Å². The molecule has 1 N–H and O–H groups in total. The van der Waals surface area contributed by atoms with E-state index in [9.17, 15) is 9.90 Å². The maximum Gasteiger partial charge on any atom is 0.331 e. The molecule has 1 aliphatic heterocycles. The number of carbonyl (C=O) groups is 1. The van der Waals surface area contributed by atoms with Crippen molar-refractivity contribution in [3.05, 3.63) is 59.3 Å². The van der Waals surface area contributed by atoms with Gasteiger partial charge in [-0.3, -0.25) is 0 Å². The Balaban J connectivity index is 2.02.